The molecule has 212 valence electrons. The van der Waals surface area contributed by atoms with Gasteiger partial charge in [0, 0.05) is 10.8 Å². The maximum Gasteiger partial charge on any atom is 0.119 e. The van der Waals surface area contributed by atoms with E-state index in [4.69, 9.17) is 4.74 Å². The Morgan fingerprint density at radius 3 is 1.73 bits per heavy atom. The average molecular weight is 547 g/mol. The van der Waals surface area contributed by atoms with Crippen molar-refractivity contribution in [3.63, 3.8) is 0 Å². The molecule has 1 aliphatic carbocycles. The van der Waals surface area contributed by atoms with E-state index in [1.54, 1.807) is 0 Å². The van der Waals surface area contributed by atoms with Crippen molar-refractivity contribution in [3.8, 4) is 5.75 Å². The number of benzene rings is 4. The monoisotopic (exact) mass is 546 g/mol. The number of hydrogen-bond acceptors (Lipinski definition) is 5. The Balaban J connectivity index is 1.24. The lowest BCUT2D eigenvalue weighted by Crippen LogP contribution is -2.13. The van der Waals surface area contributed by atoms with Crippen molar-refractivity contribution >= 4 is 33.5 Å². The lowest BCUT2D eigenvalue weighted by molar-refractivity contribution is 0.304. The topological polar surface area (TPSA) is 58.7 Å². The minimum absolute atomic E-state index is 0.682. The van der Waals surface area contributed by atoms with E-state index in [9.17, 15) is 0 Å². The summed E-state index contributed by atoms with van der Waals surface area (Å²) in [6.45, 7) is 5.18. The summed E-state index contributed by atoms with van der Waals surface area (Å²) in [5.74, 6) is 2.47. The van der Waals surface area contributed by atoms with E-state index in [0.29, 0.717) is 5.92 Å². The van der Waals surface area contributed by atoms with Crippen LogP contribution in [0.1, 0.15) is 83.1 Å². The second-order valence-corrected chi connectivity index (χ2v) is 11.2. The van der Waals surface area contributed by atoms with E-state index in [1.165, 1.54) is 50.5 Å². The molecule has 0 atom stereocenters. The molecule has 0 unspecified atom stereocenters. The molecule has 0 saturated heterocycles. The van der Waals surface area contributed by atoms with Crippen LogP contribution in [0, 0.1) is 5.92 Å². The zero-order valence-electron chi connectivity index (χ0n) is 24.5. The summed E-state index contributed by atoms with van der Waals surface area (Å²) < 4.78 is 5.75. The van der Waals surface area contributed by atoms with Crippen molar-refractivity contribution in [1.82, 2.24) is 0 Å². The molecule has 4 aromatic rings. The summed E-state index contributed by atoms with van der Waals surface area (Å²) in [6, 6.07) is 28.5. The van der Waals surface area contributed by atoms with E-state index in [0.717, 1.165) is 64.6 Å². The van der Waals surface area contributed by atoms with E-state index in [-0.39, 0.29) is 0 Å². The number of fused-ring (bicyclic) bond motifs is 1. The van der Waals surface area contributed by atoms with Gasteiger partial charge in [0.15, 0.2) is 0 Å². The molecule has 1 fully saturated rings. The highest BCUT2D eigenvalue weighted by Crippen LogP contribution is 2.39. The van der Waals surface area contributed by atoms with Crippen LogP contribution in [-0.4, -0.2) is 6.61 Å². The lowest BCUT2D eigenvalue weighted by atomic mass is 9.77. The van der Waals surface area contributed by atoms with Crippen molar-refractivity contribution in [2.75, 3.05) is 6.61 Å². The van der Waals surface area contributed by atoms with Crippen LogP contribution < -0.4 is 4.74 Å². The van der Waals surface area contributed by atoms with Crippen LogP contribution in [0.2, 0.25) is 0 Å². The molecule has 1 saturated carbocycles. The number of unbranched alkanes of at least 4 members (excludes halogenated alkanes) is 2. The first-order chi connectivity index (χ1) is 20.2. The number of ether oxygens (including phenoxy) is 1. The van der Waals surface area contributed by atoms with Gasteiger partial charge in [-0.05, 0) is 98.0 Å². The SMILES string of the molecule is CCCCOc1ccc(N=Nc2ccc(N=Nc3ccc(C4CCC(CCCC)CC4)cc3)c3ccccc23)cc1. The Morgan fingerprint density at radius 1 is 0.610 bits per heavy atom. The highest BCUT2D eigenvalue weighted by Gasteiger charge is 2.21. The average Bonchev–Trinajstić information content (AvgIpc) is 3.03. The van der Waals surface area contributed by atoms with Crippen molar-refractivity contribution in [2.45, 2.75) is 77.6 Å². The van der Waals surface area contributed by atoms with Crippen molar-refractivity contribution in [3.05, 3.63) is 90.5 Å². The highest BCUT2D eigenvalue weighted by atomic mass is 16.5. The van der Waals surface area contributed by atoms with E-state index in [1.807, 2.05) is 48.5 Å². The van der Waals surface area contributed by atoms with Crippen LogP contribution in [0.5, 0.6) is 5.75 Å². The minimum Gasteiger partial charge on any atom is -0.494 e. The van der Waals surface area contributed by atoms with Gasteiger partial charge in [-0.25, -0.2) is 0 Å². The van der Waals surface area contributed by atoms with Crippen LogP contribution in [0.15, 0.2) is 105 Å². The van der Waals surface area contributed by atoms with Gasteiger partial charge in [-0.1, -0.05) is 75.9 Å². The summed E-state index contributed by atoms with van der Waals surface area (Å²) >= 11 is 0. The number of azo groups is 2. The van der Waals surface area contributed by atoms with Gasteiger partial charge < -0.3 is 4.74 Å². The summed E-state index contributed by atoms with van der Waals surface area (Å²) in [5, 5.41) is 20.2. The minimum atomic E-state index is 0.682. The molecule has 0 aromatic heterocycles. The van der Waals surface area contributed by atoms with Crippen molar-refractivity contribution in [1.29, 1.82) is 0 Å². The summed E-state index contributed by atoms with van der Waals surface area (Å²) in [4.78, 5) is 0. The maximum absolute atomic E-state index is 5.75. The quantitative estimate of drug-likeness (QED) is 0.129. The third kappa shape index (κ3) is 7.87. The van der Waals surface area contributed by atoms with Gasteiger partial charge in [0.25, 0.3) is 0 Å². The first-order valence-electron chi connectivity index (χ1n) is 15.4. The van der Waals surface area contributed by atoms with E-state index in [2.05, 4.69) is 70.7 Å². The van der Waals surface area contributed by atoms with E-state index < -0.39 is 0 Å². The molecule has 0 spiro atoms. The lowest BCUT2D eigenvalue weighted by Gasteiger charge is -2.28. The summed E-state index contributed by atoms with van der Waals surface area (Å²) in [5.41, 5.74) is 4.73. The second kappa shape index (κ2) is 14.7. The molecule has 5 nitrogen and oxygen atoms in total. The van der Waals surface area contributed by atoms with Gasteiger partial charge >= 0.3 is 0 Å². The number of hydrogen-bond donors (Lipinski definition) is 0. The van der Waals surface area contributed by atoms with Gasteiger partial charge in [-0.15, -0.1) is 10.2 Å². The molecular formula is C36H42N4O. The zero-order chi connectivity index (χ0) is 28.3. The molecule has 0 heterocycles. The van der Waals surface area contributed by atoms with Crippen LogP contribution in [0.25, 0.3) is 10.8 Å². The number of nitrogens with zero attached hydrogens (tertiary/aromatic N) is 4. The van der Waals surface area contributed by atoms with E-state index >= 15 is 0 Å². The Kier molecular flexibility index (Phi) is 10.3. The molecule has 0 amide bonds. The molecule has 41 heavy (non-hydrogen) atoms. The Hall–Kier alpha value is -3.86. The molecular weight excluding hydrogens is 504 g/mol. The van der Waals surface area contributed by atoms with Gasteiger partial charge in [0.05, 0.1) is 29.4 Å². The van der Waals surface area contributed by atoms with Gasteiger partial charge in [0.2, 0.25) is 0 Å². The third-order valence-electron chi connectivity index (χ3n) is 8.20. The normalized spacial score (nSPS) is 17.5. The summed E-state index contributed by atoms with van der Waals surface area (Å²) in [7, 11) is 0. The van der Waals surface area contributed by atoms with Crippen LogP contribution >= 0.6 is 0 Å². The Bertz CT molecular complexity index is 1440. The maximum atomic E-state index is 5.75. The standard InChI is InChI=1S/C36H42N4O/c1-3-5-9-27-12-14-28(15-13-27)29-16-18-30(19-17-29)37-39-35-24-25-36(34-11-8-7-10-33(34)35)40-38-31-20-22-32(23-21-31)41-26-6-4-2/h7-8,10-11,16-25,27-28H,3-6,9,12-15,26H2,1-2H3. The van der Waals surface area contributed by atoms with Crippen LogP contribution in [0.4, 0.5) is 22.7 Å². The van der Waals surface area contributed by atoms with Crippen LogP contribution in [-0.2, 0) is 0 Å². The smallest absolute Gasteiger partial charge is 0.119 e. The fraction of sp³-hybridized carbons (Fsp3) is 0.389. The van der Waals surface area contributed by atoms with Crippen LogP contribution in [0.3, 0.4) is 0 Å². The highest BCUT2D eigenvalue weighted by molar-refractivity contribution is 5.99. The zero-order valence-corrected chi connectivity index (χ0v) is 24.5. The molecule has 5 heteroatoms. The fourth-order valence-electron chi connectivity index (χ4n) is 5.70. The molecule has 0 aliphatic heterocycles. The first kappa shape index (κ1) is 28.7. The van der Waals surface area contributed by atoms with Gasteiger partial charge in [-0.2, -0.15) is 10.2 Å². The second-order valence-electron chi connectivity index (χ2n) is 11.2. The predicted molar refractivity (Wildman–Crippen MR) is 170 cm³/mol. The van der Waals surface area contributed by atoms with Crippen molar-refractivity contribution < 1.29 is 4.74 Å². The molecule has 5 rings (SSSR count). The third-order valence-corrected chi connectivity index (χ3v) is 8.20. The molecule has 0 bridgehead atoms. The van der Waals surface area contributed by atoms with Crippen molar-refractivity contribution in [2.24, 2.45) is 26.4 Å². The predicted octanol–water partition coefficient (Wildman–Crippen LogP) is 12.3. The number of rotatable bonds is 12. The summed E-state index contributed by atoms with van der Waals surface area (Å²) in [6.07, 6.45) is 11.6. The molecule has 0 radical (unpaired) electrons. The Labute approximate surface area is 244 Å². The largest absolute Gasteiger partial charge is 0.494 e. The van der Waals surface area contributed by atoms with Gasteiger partial charge in [0.1, 0.15) is 5.75 Å². The Morgan fingerprint density at radius 2 is 1.17 bits per heavy atom. The fourth-order valence-corrected chi connectivity index (χ4v) is 5.70. The molecule has 0 N–H and O–H groups in total. The molecule has 1 aliphatic rings. The molecule has 4 aromatic carbocycles. The van der Waals surface area contributed by atoms with Gasteiger partial charge in [-0.3, -0.25) is 0 Å². The first-order valence-corrected chi connectivity index (χ1v) is 15.4.